The molecule has 6 heteroatoms. The SMILES string of the molecule is Cc1ccc(C)c(Oc2coc3cc(OC(C)(C)C(=O)O)ccc3c2=O)c1C. The molecule has 0 aliphatic heterocycles. The smallest absolute Gasteiger partial charge is 0.347 e. The van der Waals surface area contributed by atoms with E-state index in [1.807, 2.05) is 32.9 Å². The van der Waals surface area contributed by atoms with Crippen LogP contribution >= 0.6 is 0 Å². The Morgan fingerprint density at radius 3 is 2.43 bits per heavy atom. The van der Waals surface area contributed by atoms with Gasteiger partial charge in [-0.1, -0.05) is 12.1 Å². The van der Waals surface area contributed by atoms with Gasteiger partial charge in [0.25, 0.3) is 0 Å². The lowest BCUT2D eigenvalue weighted by Gasteiger charge is -2.21. The second-order valence-corrected chi connectivity index (χ2v) is 7.26. The predicted molar refractivity (Wildman–Crippen MR) is 106 cm³/mol. The summed E-state index contributed by atoms with van der Waals surface area (Å²) in [4.78, 5) is 24.1. The molecule has 2 aromatic carbocycles. The van der Waals surface area contributed by atoms with Crippen molar-refractivity contribution in [1.82, 2.24) is 0 Å². The quantitative estimate of drug-likeness (QED) is 0.685. The molecule has 6 nitrogen and oxygen atoms in total. The lowest BCUT2D eigenvalue weighted by atomic mass is 10.1. The van der Waals surface area contributed by atoms with Gasteiger partial charge in [-0.25, -0.2) is 4.79 Å². The molecule has 0 amide bonds. The summed E-state index contributed by atoms with van der Waals surface area (Å²) in [5.74, 6) is -0.0811. The van der Waals surface area contributed by atoms with Crippen molar-refractivity contribution < 1.29 is 23.8 Å². The van der Waals surface area contributed by atoms with Crippen molar-refractivity contribution in [3.8, 4) is 17.2 Å². The molecule has 0 saturated carbocycles. The van der Waals surface area contributed by atoms with E-state index in [0.29, 0.717) is 16.9 Å². The van der Waals surface area contributed by atoms with Crippen LogP contribution < -0.4 is 14.9 Å². The summed E-state index contributed by atoms with van der Waals surface area (Å²) in [6.07, 6.45) is 1.26. The first-order chi connectivity index (χ1) is 13.1. The third kappa shape index (κ3) is 3.58. The van der Waals surface area contributed by atoms with E-state index in [1.165, 1.54) is 38.3 Å². The van der Waals surface area contributed by atoms with Gasteiger partial charge in [0.05, 0.1) is 5.39 Å². The highest BCUT2D eigenvalue weighted by atomic mass is 16.5. The summed E-state index contributed by atoms with van der Waals surface area (Å²) < 4.78 is 16.9. The van der Waals surface area contributed by atoms with Crippen LogP contribution in [0, 0.1) is 20.8 Å². The molecule has 146 valence electrons. The molecule has 28 heavy (non-hydrogen) atoms. The minimum absolute atomic E-state index is 0.0869. The Balaban J connectivity index is 1.99. The number of rotatable bonds is 5. The molecule has 0 atom stereocenters. The Bertz CT molecular complexity index is 1120. The van der Waals surface area contributed by atoms with Gasteiger partial charge < -0.3 is 19.0 Å². The summed E-state index contributed by atoms with van der Waals surface area (Å²) in [7, 11) is 0. The number of aryl methyl sites for hydroxylation is 2. The van der Waals surface area contributed by atoms with Crippen LogP contribution in [0.3, 0.4) is 0 Å². The van der Waals surface area contributed by atoms with E-state index in [0.717, 1.165) is 16.7 Å². The van der Waals surface area contributed by atoms with E-state index in [-0.39, 0.29) is 16.8 Å². The summed E-state index contributed by atoms with van der Waals surface area (Å²) in [5.41, 5.74) is 1.51. The lowest BCUT2D eigenvalue weighted by Crippen LogP contribution is -2.37. The maximum absolute atomic E-state index is 12.8. The highest BCUT2D eigenvalue weighted by Crippen LogP contribution is 2.31. The zero-order valence-corrected chi connectivity index (χ0v) is 16.5. The van der Waals surface area contributed by atoms with Gasteiger partial charge in [-0.2, -0.15) is 0 Å². The monoisotopic (exact) mass is 382 g/mol. The summed E-state index contributed by atoms with van der Waals surface area (Å²) >= 11 is 0. The van der Waals surface area contributed by atoms with E-state index in [9.17, 15) is 14.7 Å². The van der Waals surface area contributed by atoms with Crippen molar-refractivity contribution in [2.75, 3.05) is 0 Å². The molecule has 0 spiro atoms. The highest BCUT2D eigenvalue weighted by molar-refractivity contribution is 5.80. The number of benzene rings is 2. The summed E-state index contributed by atoms with van der Waals surface area (Å²) in [6, 6.07) is 8.51. The number of ether oxygens (including phenoxy) is 2. The van der Waals surface area contributed by atoms with Crippen molar-refractivity contribution >= 4 is 16.9 Å². The number of carboxylic acid groups (broad SMARTS) is 1. The van der Waals surface area contributed by atoms with Gasteiger partial charge in [0.15, 0.2) is 5.60 Å². The van der Waals surface area contributed by atoms with Crippen LogP contribution in [0.5, 0.6) is 17.2 Å². The van der Waals surface area contributed by atoms with Gasteiger partial charge in [-0.15, -0.1) is 0 Å². The summed E-state index contributed by atoms with van der Waals surface area (Å²) in [5, 5.41) is 9.51. The lowest BCUT2D eigenvalue weighted by molar-refractivity contribution is -0.152. The van der Waals surface area contributed by atoms with Gasteiger partial charge in [-0.05, 0) is 63.4 Å². The van der Waals surface area contributed by atoms with Crippen LogP contribution in [0.2, 0.25) is 0 Å². The molecule has 0 unspecified atom stereocenters. The molecule has 1 aromatic heterocycles. The Morgan fingerprint density at radius 2 is 1.75 bits per heavy atom. The zero-order chi connectivity index (χ0) is 20.6. The van der Waals surface area contributed by atoms with Crippen molar-refractivity contribution in [3.05, 3.63) is 63.5 Å². The van der Waals surface area contributed by atoms with Crippen LogP contribution in [0.1, 0.15) is 30.5 Å². The summed E-state index contributed by atoms with van der Waals surface area (Å²) in [6.45, 7) is 8.72. The first-order valence-corrected chi connectivity index (χ1v) is 8.83. The largest absolute Gasteiger partial charge is 0.478 e. The van der Waals surface area contributed by atoms with E-state index in [2.05, 4.69) is 0 Å². The first-order valence-electron chi connectivity index (χ1n) is 8.83. The molecule has 1 N–H and O–H groups in total. The molecule has 0 fully saturated rings. The van der Waals surface area contributed by atoms with Crippen molar-refractivity contribution in [3.63, 3.8) is 0 Å². The molecule has 1 heterocycles. The number of hydrogen-bond acceptors (Lipinski definition) is 5. The number of carboxylic acids is 1. The van der Waals surface area contributed by atoms with Gasteiger partial charge >= 0.3 is 5.97 Å². The zero-order valence-electron chi connectivity index (χ0n) is 16.5. The van der Waals surface area contributed by atoms with Crippen LogP contribution in [0.15, 0.2) is 45.8 Å². The molecule has 0 saturated heterocycles. The molecule has 0 radical (unpaired) electrons. The van der Waals surface area contributed by atoms with Crippen LogP contribution in [0.25, 0.3) is 11.0 Å². The normalized spacial score (nSPS) is 11.5. The number of aliphatic carboxylic acids is 1. The number of fused-ring (bicyclic) bond motifs is 1. The topological polar surface area (TPSA) is 86.0 Å². The van der Waals surface area contributed by atoms with E-state index in [4.69, 9.17) is 13.9 Å². The molecule has 0 aliphatic rings. The molecule has 0 aliphatic carbocycles. The Labute approximate surface area is 162 Å². The average molecular weight is 382 g/mol. The van der Waals surface area contributed by atoms with E-state index < -0.39 is 11.6 Å². The molecular formula is C22H22O6. The number of hydrogen-bond donors (Lipinski definition) is 1. The standard InChI is InChI=1S/C22H22O6/c1-12-6-7-13(2)20(14(12)3)27-18-11-26-17-10-15(8-9-16(17)19(18)23)28-22(4,5)21(24)25/h6-11H,1-5H3,(H,24,25). The van der Waals surface area contributed by atoms with E-state index >= 15 is 0 Å². The molecule has 0 bridgehead atoms. The minimum atomic E-state index is -1.41. The third-order valence-electron chi connectivity index (χ3n) is 4.69. The fourth-order valence-electron chi connectivity index (χ4n) is 2.76. The maximum Gasteiger partial charge on any atom is 0.347 e. The molecule has 3 aromatic rings. The Hall–Kier alpha value is -3.28. The van der Waals surface area contributed by atoms with Gasteiger partial charge in [0, 0.05) is 6.07 Å². The second kappa shape index (κ2) is 7.03. The predicted octanol–water partition coefficient (Wildman–Crippen LogP) is 4.75. The van der Waals surface area contributed by atoms with Gasteiger partial charge in [0.2, 0.25) is 11.2 Å². The molecule has 3 rings (SSSR count). The second-order valence-electron chi connectivity index (χ2n) is 7.26. The van der Waals surface area contributed by atoms with Crippen molar-refractivity contribution in [1.29, 1.82) is 0 Å². The van der Waals surface area contributed by atoms with Crippen LogP contribution in [-0.4, -0.2) is 16.7 Å². The fourth-order valence-corrected chi connectivity index (χ4v) is 2.76. The van der Waals surface area contributed by atoms with E-state index in [1.54, 1.807) is 0 Å². The fraction of sp³-hybridized carbons (Fsp3) is 0.273. The van der Waals surface area contributed by atoms with Crippen molar-refractivity contribution in [2.45, 2.75) is 40.2 Å². The number of carbonyl (C=O) groups is 1. The Kier molecular flexibility index (Phi) is 4.89. The van der Waals surface area contributed by atoms with Gasteiger partial charge in [-0.3, -0.25) is 4.79 Å². The van der Waals surface area contributed by atoms with Crippen LogP contribution in [0.4, 0.5) is 0 Å². The maximum atomic E-state index is 12.8. The van der Waals surface area contributed by atoms with Crippen LogP contribution in [-0.2, 0) is 4.79 Å². The first kappa shape index (κ1) is 19.5. The van der Waals surface area contributed by atoms with Gasteiger partial charge in [0.1, 0.15) is 23.3 Å². The molecular weight excluding hydrogens is 360 g/mol. The highest BCUT2D eigenvalue weighted by Gasteiger charge is 2.29. The average Bonchev–Trinajstić information content (AvgIpc) is 2.63. The Morgan fingerprint density at radius 1 is 1.07 bits per heavy atom. The third-order valence-corrected chi connectivity index (χ3v) is 4.69. The van der Waals surface area contributed by atoms with Crippen molar-refractivity contribution in [2.24, 2.45) is 0 Å². The minimum Gasteiger partial charge on any atom is -0.478 e.